The van der Waals surface area contributed by atoms with Crippen molar-refractivity contribution in [2.24, 2.45) is 0 Å². The Labute approximate surface area is 136 Å². The summed E-state index contributed by atoms with van der Waals surface area (Å²) in [5.74, 6) is 0. The van der Waals surface area contributed by atoms with Crippen molar-refractivity contribution < 1.29 is 13.2 Å². The number of sulfonamides is 1. The van der Waals surface area contributed by atoms with E-state index in [0.29, 0.717) is 6.54 Å². The van der Waals surface area contributed by atoms with Gasteiger partial charge in [0, 0.05) is 18.1 Å². The second-order valence-electron chi connectivity index (χ2n) is 6.02. The number of carbonyl (C=O) groups excluding carboxylic acids is 1. The van der Waals surface area contributed by atoms with Crippen LogP contribution >= 0.6 is 0 Å². The second kappa shape index (κ2) is 7.73. The summed E-state index contributed by atoms with van der Waals surface area (Å²) in [6.07, 6.45) is 7.58. The Kier molecular flexibility index (Phi) is 5.94. The number of hydrogen-bond acceptors (Lipinski definition) is 5. The van der Waals surface area contributed by atoms with E-state index in [0.717, 1.165) is 31.9 Å². The lowest BCUT2D eigenvalue weighted by Gasteiger charge is -2.32. The van der Waals surface area contributed by atoms with Crippen LogP contribution in [0.5, 0.6) is 0 Å². The molecule has 1 aromatic heterocycles. The van der Waals surface area contributed by atoms with Gasteiger partial charge in [-0.1, -0.05) is 12.8 Å². The molecule has 0 saturated heterocycles. The van der Waals surface area contributed by atoms with Gasteiger partial charge in [-0.05, 0) is 19.8 Å². The summed E-state index contributed by atoms with van der Waals surface area (Å²) in [6, 6.07) is -0.876. The van der Waals surface area contributed by atoms with Crippen molar-refractivity contribution in [2.75, 3.05) is 6.26 Å². The molecule has 3 atom stereocenters. The third-order valence-electron chi connectivity index (χ3n) is 3.75. The lowest BCUT2D eigenvalue weighted by atomic mass is 9.91. The Hall–Kier alpha value is -1.68. The number of urea groups is 1. The van der Waals surface area contributed by atoms with E-state index in [2.05, 4.69) is 25.4 Å². The molecule has 0 aliphatic heterocycles. The molecule has 1 fully saturated rings. The molecule has 1 aromatic rings. The Morgan fingerprint density at radius 3 is 2.65 bits per heavy atom. The number of nitrogens with one attached hydrogen (secondary N) is 3. The maximum Gasteiger partial charge on any atom is 0.315 e. The molecule has 3 N–H and O–H groups in total. The molecule has 0 spiro atoms. The Morgan fingerprint density at radius 2 is 2.04 bits per heavy atom. The fourth-order valence-electron chi connectivity index (χ4n) is 2.81. The van der Waals surface area contributed by atoms with Crippen LogP contribution in [-0.4, -0.2) is 53.6 Å². The van der Waals surface area contributed by atoms with Gasteiger partial charge in [0.05, 0.1) is 12.8 Å². The van der Waals surface area contributed by atoms with Crippen molar-refractivity contribution in [3.8, 4) is 0 Å². The van der Waals surface area contributed by atoms with Gasteiger partial charge in [0.25, 0.3) is 0 Å². The van der Waals surface area contributed by atoms with Crippen LogP contribution in [0.1, 0.15) is 32.6 Å². The van der Waals surface area contributed by atoms with Crippen LogP contribution < -0.4 is 15.4 Å². The van der Waals surface area contributed by atoms with Gasteiger partial charge in [0.2, 0.25) is 10.0 Å². The van der Waals surface area contributed by atoms with E-state index in [9.17, 15) is 13.2 Å². The van der Waals surface area contributed by atoms with E-state index >= 15 is 0 Å². The molecular formula is C13H24N6O3S. The highest BCUT2D eigenvalue weighted by Gasteiger charge is 2.28. The summed E-state index contributed by atoms with van der Waals surface area (Å²) in [6.45, 7) is 2.39. The molecule has 1 aliphatic rings. The van der Waals surface area contributed by atoms with E-state index in [-0.39, 0.29) is 24.2 Å². The van der Waals surface area contributed by atoms with Crippen LogP contribution in [0.25, 0.3) is 0 Å². The minimum Gasteiger partial charge on any atom is -0.334 e. The first kappa shape index (κ1) is 17.7. The van der Waals surface area contributed by atoms with Gasteiger partial charge in [0.15, 0.2) is 0 Å². The average molecular weight is 344 g/mol. The Morgan fingerprint density at radius 1 is 1.35 bits per heavy atom. The highest BCUT2D eigenvalue weighted by atomic mass is 32.2. The third kappa shape index (κ3) is 6.14. The first-order valence-electron chi connectivity index (χ1n) is 7.70. The van der Waals surface area contributed by atoms with E-state index in [1.807, 2.05) is 6.92 Å². The van der Waals surface area contributed by atoms with Gasteiger partial charge in [-0.3, -0.25) is 4.68 Å². The smallest absolute Gasteiger partial charge is 0.315 e. The fourth-order valence-corrected chi connectivity index (χ4v) is 3.64. The number of hydrogen-bond donors (Lipinski definition) is 3. The summed E-state index contributed by atoms with van der Waals surface area (Å²) < 4.78 is 27.1. The molecule has 0 bridgehead atoms. The molecule has 1 aliphatic carbocycles. The van der Waals surface area contributed by atoms with Crippen LogP contribution in [-0.2, 0) is 16.6 Å². The first-order valence-corrected chi connectivity index (χ1v) is 9.59. The third-order valence-corrected chi connectivity index (χ3v) is 4.48. The van der Waals surface area contributed by atoms with Crippen LogP contribution in [0.3, 0.4) is 0 Å². The molecule has 2 amide bonds. The van der Waals surface area contributed by atoms with Crippen LogP contribution in [0.15, 0.2) is 12.7 Å². The summed E-state index contributed by atoms with van der Waals surface area (Å²) >= 11 is 0. The predicted octanol–water partition coefficient (Wildman–Crippen LogP) is -0.174. The molecule has 1 saturated carbocycles. The number of nitrogens with zero attached hydrogens (tertiary/aromatic N) is 3. The predicted molar refractivity (Wildman–Crippen MR) is 85.2 cm³/mol. The van der Waals surface area contributed by atoms with E-state index in [4.69, 9.17) is 0 Å². The van der Waals surface area contributed by atoms with Gasteiger partial charge in [-0.25, -0.2) is 22.9 Å². The molecule has 0 radical (unpaired) electrons. The molecule has 1 heterocycles. The van der Waals surface area contributed by atoms with Crippen LogP contribution in [0.2, 0.25) is 0 Å². The second-order valence-corrected chi connectivity index (χ2v) is 7.80. The highest BCUT2D eigenvalue weighted by Crippen LogP contribution is 2.19. The largest absolute Gasteiger partial charge is 0.334 e. The van der Waals surface area contributed by atoms with E-state index in [1.165, 1.54) is 6.33 Å². The number of carbonyl (C=O) groups is 1. The molecule has 9 nitrogen and oxygen atoms in total. The average Bonchev–Trinajstić information content (AvgIpc) is 2.91. The topological polar surface area (TPSA) is 118 Å². The zero-order valence-electron chi connectivity index (χ0n) is 13.4. The lowest BCUT2D eigenvalue weighted by molar-refractivity contribution is 0.222. The summed E-state index contributed by atoms with van der Waals surface area (Å²) in [7, 11) is -3.29. The highest BCUT2D eigenvalue weighted by molar-refractivity contribution is 7.88. The fraction of sp³-hybridized carbons (Fsp3) is 0.769. The molecule has 130 valence electrons. The number of rotatable bonds is 6. The van der Waals surface area contributed by atoms with E-state index < -0.39 is 10.0 Å². The summed E-state index contributed by atoms with van der Waals surface area (Å²) in [5, 5.41) is 9.70. The van der Waals surface area contributed by atoms with Crippen molar-refractivity contribution >= 4 is 16.1 Å². The van der Waals surface area contributed by atoms with Crippen molar-refractivity contribution in [1.82, 2.24) is 30.1 Å². The van der Waals surface area contributed by atoms with Gasteiger partial charge >= 0.3 is 6.03 Å². The monoisotopic (exact) mass is 344 g/mol. The van der Waals surface area contributed by atoms with Crippen molar-refractivity contribution in [3.05, 3.63) is 12.7 Å². The molecule has 3 unspecified atom stereocenters. The zero-order chi connectivity index (χ0) is 16.9. The first-order chi connectivity index (χ1) is 10.8. The molecule has 0 aromatic carbocycles. The van der Waals surface area contributed by atoms with Crippen molar-refractivity contribution in [3.63, 3.8) is 0 Å². The normalized spacial score (nSPS) is 23.2. The summed E-state index contributed by atoms with van der Waals surface area (Å²) in [5.41, 5.74) is 0. The maximum atomic E-state index is 12.1. The van der Waals surface area contributed by atoms with Gasteiger partial charge in [0.1, 0.15) is 12.7 Å². The minimum atomic E-state index is -3.29. The Balaban J connectivity index is 1.84. The van der Waals surface area contributed by atoms with Gasteiger partial charge in [-0.2, -0.15) is 5.10 Å². The minimum absolute atomic E-state index is 0.124. The van der Waals surface area contributed by atoms with E-state index in [1.54, 1.807) is 11.0 Å². The lowest BCUT2D eigenvalue weighted by Crippen LogP contribution is -2.56. The maximum absolute atomic E-state index is 12.1. The molecule has 2 rings (SSSR count). The molecule has 10 heteroatoms. The van der Waals surface area contributed by atoms with Gasteiger partial charge in [-0.15, -0.1) is 0 Å². The quantitative estimate of drug-likeness (QED) is 0.662. The molecule has 23 heavy (non-hydrogen) atoms. The van der Waals surface area contributed by atoms with Crippen LogP contribution in [0, 0.1) is 0 Å². The van der Waals surface area contributed by atoms with Crippen molar-refractivity contribution in [1.29, 1.82) is 0 Å². The Bertz CT molecular complexity index is 603. The number of aromatic nitrogens is 3. The van der Waals surface area contributed by atoms with Crippen LogP contribution in [0.4, 0.5) is 4.79 Å². The standard InChI is InChI=1S/C13H24N6O3S/c1-10(7-19-9-14-8-15-19)16-13(20)17-11-5-3-4-6-12(11)18-23(2,21)22/h8-12,18H,3-7H2,1-2H3,(H2,16,17,20). The molecular weight excluding hydrogens is 320 g/mol. The summed E-state index contributed by atoms with van der Waals surface area (Å²) in [4.78, 5) is 16.0. The van der Waals surface area contributed by atoms with Gasteiger partial charge < -0.3 is 10.6 Å². The number of amides is 2. The zero-order valence-corrected chi connectivity index (χ0v) is 14.2. The SMILES string of the molecule is CC(Cn1cncn1)NC(=O)NC1CCCCC1NS(C)(=O)=O. The van der Waals surface area contributed by atoms with Crippen molar-refractivity contribution in [2.45, 2.75) is 57.3 Å².